The lowest BCUT2D eigenvalue weighted by Crippen LogP contribution is -2.38. The fraction of sp³-hybridized carbons (Fsp3) is 0.467. The Kier molecular flexibility index (Phi) is 4.76. The molecule has 1 aromatic carbocycles. The molecule has 3 N–H and O–H groups in total. The SMILES string of the molecule is CC(C)(CNC(=O)c1ccc(S(=O)(=O)NC2CC2)cc1)C(=O)O. The second-order valence-electron chi connectivity index (χ2n) is 6.29. The standard InChI is InChI=1S/C15H20N2O5S/c1-15(2,14(19)20)9-16-13(18)10-3-7-12(8-4-10)23(21,22)17-11-5-6-11/h3-4,7-8,11,17H,5-6,9H2,1-2H3,(H,16,18)(H,19,20). The van der Waals surface area contributed by atoms with E-state index in [-0.39, 0.29) is 23.0 Å². The Bertz CT molecular complexity index is 706. The number of carbonyl (C=O) groups is 2. The van der Waals surface area contributed by atoms with Crippen LogP contribution in [0.15, 0.2) is 29.2 Å². The lowest BCUT2D eigenvalue weighted by atomic mass is 9.94. The van der Waals surface area contributed by atoms with Gasteiger partial charge in [-0.15, -0.1) is 0 Å². The molecule has 1 aliphatic carbocycles. The van der Waals surface area contributed by atoms with Gasteiger partial charge in [-0.1, -0.05) is 0 Å². The van der Waals surface area contributed by atoms with Crippen LogP contribution >= 0.6 is 0 Å². The highest BCUT2D eigenvalue weighted by Crippen LogP contribution is 2.22. The van der Waals surface area contributed by atoms with Crippen molar-refractivity contribution in [3.05, 3.63) is 29.8 Å². The molecule has 1 saturated carbocycles. The fourth-order valence-corrected chi connectivity index (χ4v) is 3.06. The van der Waals surface area contributed by atoms with Gasteiger partial charge in [0.05, 0.1) is 10.3 Å². The van der Waals surface area contributed by atoms with Gasteiger partial charge in [-0.25, -0.2) is 13.1 Å². The van der Waals surface area contributed by atoms with Gasteiger partial charge in [0.2, 0.25) is 10.0 Å². The van der Waals surface area contributed by atoms with E-state index in [1.165, 1.54) is 38.1 Å². The quantitative estimate of drug-likeness (QED) is 0.684. The highest BCUT2D eigenvalue weighted by Gasteiger charge is 2.29. The van der Waals surface area contributed by atoms with Crippen molar-refractivity contribution >= 4 is 21.9 Å². The molecule has 0 aromatic heterocycles. The van der Waals surface area contributed by atoms with Crippen molar-refractivity contribution in [2.45, 2.75) is 37.6 Å². The largest absolute Gasteiger partial charge is 0.481 e. The normalized spacial score (nSPS) is 15.2. The Morgan fingerprint density at radius 3 is 2.26 bits per heavy atom. The zero-order valence-electron chi connectivity index (χ0n) is 13.0. The first-order valence-electron chi connectivity index (χ1n) is 7.26. The molecule has 1 aliphatic rings. The van der Waals surface area contributed by atoms with E-state index in [2.05, 4.69) is 10.0 Å². The number of carboxylic acid groups (broad SMARTS) is 1. The lowest BCUT2D eigenvalue weighted by molar-refractivity contribution is -0.146. The first-order chi connectivity index (χ1) is 10.6. The molecule has 0 aliphatic heterocycles. The van der Waals surface area contributed by atoms with E-state index in [4.69, 9.17) is 5.11 Å². The van der Waals surface area contributed by atoms with E-state index in [1.54, 1.807) is 0 Å². The second kappa shape index (κ2) is 6.29. The van der Waals surface area contributed by atoms with Crippen molar-refractivity contribution in [1.29, 1.82) is 0 Å². The van der Waals surface area contributed by atoms with Crippen LogP contribution in [0.3, 0.4) is 0 Å². The summed E-state index contributed by atoms with van der Waals surface area (Å²) in [6.07, 6.45) is 1.69. The zero-order chi connectivity index (χ0) is 17.3. The maximum absolute atomic E-state index is 12.0. The second-order valence-corrected chi connectivity index (χ2v) is 8.01. The van der Waals surface area contributed by atoms with Crippen LogP contribution in [0, 0.1) is 5.41 Å². The molecular weight excluding hydrogens is 320 g/mol. The lowest BCUT2D eigenvalue weighted by Gasteiger charge is -2.19. The topological polar surface area (TPSA) is 113 Å². The number of aliphatic carboxylic acids is 1. The average Bonchev–Trinajstić information content (AvgIpc) is 3.28. The Morgan fingerprint density at radius 1 is 1.22 bits per heavy atom. The van der Waals surface area contributed by atoms with Crippen LogP contribution in [-0.2, 0) is 14.8 Å². The molecule has 0 unspecified atom stereocenters. The number of rotatable bonds is 7. The van der Waals surface area contributed by atoms with Crippen molar-refractivity contribution in [3.8, 4) is 0 Å². The summed E-state index contributed by atoms with van der Waals surface area (Å²) in [6, 6.07) is 5.56. The molecule has 0 saturated heterocycles. The Morgan fingerprint density at radius 2 is 1.78 bits per heavy atom. The van der Waals surface area contributed by atoms with E-state index in [0.717, 1.165) is 12.8 Å². The van der Waals surface area contributed by atoms with Crippen LogP contribution in [0.4, 0.5) is 0 Å². The summed E-state index contributed by atoms with van der Waals surface area (Å²) >= 11 is 0. The van der Waals surface area contributed by atoms with E-state index >= 15 is 0 Å². The molecule has 0 heterocycles. The minimum absolute atomic E-state index is 0.0150. The number of carbonyl (C=O) groups excluding carboxylic acids is 1. The smallest absolute Gasteiger partial charge is 0.310 e. The van der Waals surface area contributed by atoms with E-state index in [1.807, 2.05) is 0 Å². The number of sulfonamides is 1. The van der Waals surface area contributed by atoms with E-state index in [0.29, 0.717) is 0 Å². The molecule has 0 spiro atoms. The summed E-state index contributed by atoms with van der Waals surface area (Å²) in [4.78, 5) is 23.1. The molecule has 0 atom stereocenters. The molecule has 1 amide bonds. The van der Waals surface area contributed by atoms with Gasteiger partial charge < -0.3 is 10.4 Å². The van der Waals surface area contributed by atoms with Crippen LogP contribution in [-0.4, -0.2) is 38.0 Å². The monoisotopic (exact) mass is 340 g/mol. The molecule has 0 bridgehead atoms. The Hall–Kier alpha value is -1.93. The highest BCUT2D eigenvalue weighted by molar-refractivity contribution is 7.89. The summed E-state index contributed by atoms with van der Waals surface area (Å²) in [7, 11) is -3.55. The summed E-state index contributed by atoms with van der Waals surface area (Å²) in [6.45, 7) is 2.99. The number of carboxylic acids is 1. The van der Waals surface area contributed by atoms with Crippen LogP contribution in [0.1, 0.15) is 37.0 Å². The van der Waals surface area contributed by atoms with Gasteiger partial charge in [0.25, 0.3) is 5.91 Å². The van der Waals surface area contributed by atoms with Crippen molar-refractivity contribution in [2.75, 3.05) is 6.54 Å². The first kappa shape index (κ1) is 17.4. The fourth-order valence-electron chi connectivity index (χ4n) is 1.75. The van der Waals surface area contributed by atoms with E-state index in [9.17, 15) is 18.0 Å². The third kappa shape index (κ3) is 4.52. The van der Waals surface area contributed by atoms with Crippen LogP contribution in [0.25, 0.3) is 0 Å². The minimum atomic E-state index is -3.55. The summed E-state index contributed by atoms with van der Waals surface area (Å²) in [5, 5.41) is 11.5. The van der Waals surface area contributed by atoms with Gasteiger partial charge in [-0.05, 0) is 51.0 Å². The number of amides is 1. The van der Waals surface area contributed by atoms with Gasteiger partial charge in [-0.2, -0.15) is 0 Å². The summed E-state index contributed by atoms with van der Waals surface area (Å²) in [5.41, 5.74) is -0.802. The van der Waals surface area contributed by atoms with Gasteiger partial charge in [0, 0.05) is 18.2 Å². The Balaban J connectivity index is 2.01. The molecular formula is C15H20N2O5S. The highest BCUT2D eigenvalue weighted by atomic mass is 32.2. The van der Waals surface area contributed by atoms with E-state index < -0.39 is 27.3 Å². The molecule has 1 aromatic rings. The van der Waals surface area contributed by atoms with Crippen LogP contribution in [0.2, 0.25) is 0 Å². The summed E-state index contributed by atoms with van der Waals surface area (Å²) < 4.78 is 26.6. The van der Waals surface area contributed by atoms with Gasteiger partial charge in [-0.3, -0.25) is 9.59 Å². The molecule has 1 fully saturated rings. The average molecular weight is 340 g/mol. The molecule has 7 nitrogen and oxygen atoms in total. The van der Waals surface area contributed by atoms with Crippen LogP contribution in [0.5, 0.6) is 0 Å². The van der Waals surface area contributed by atoms with Crippen molar-refractivity contribution < 1.29 is 23.1 Å². The third-order valence-electron chi connectivity index (χ3n) is 3.60. The third-order valence-corrected chi connectivity index (χ3v) is 5.13. The van der Waals surface area contributed by atoms with Gasteiger partial charge in [0.1, 0.15) is 0 Å². The number of benzene rings is 1. The van der Waals surface area contributed by atoms with Crippen molar-refractivity contribution in [2.24, 2.45) is 5.41 Å². The van der Waals surface area contributed by atoms with Crippen molar-refractivity contribution in [3.63, 3.8) is 0 Å². The predicted octanol–water partition coefficient (Wildman–Crippen LogP) is 0.968. The van der Waals surface area contributed by atoms with Crippen LogP contribution < -0.4 is 10.0 Å². The molecule has 8 heteroatoms. The first-order valence-corrected chi connectivity index (χ1v) is 8.74. The maximum atomic E-state index is 12.0. The molecule has 126 valence electrons. The molecule has 2 rings (SSSR count). The Labute approximate surface area is 135 Å². The van der Waals surface area contributed by atoms with Gasteiger partial charge in [0.15, 0.2) is 0 Å². The zero-order valence-corrected chi connectivity index (χ0v) is 13.8. The number of hydrogen-bond donors (Lipinski definition) is 3. The maximum Gasteiger partial charge on any atom is 0.310 e. The number of nitrogens with one attached hydrogen (secondary N) is 2. The minimum Gasteiger partial charge on any atom is -0.481 e. The summed E-state index contributed by atoms with van der Waals surface area (Å²) in [5.74, 6) is -1.45. The van der Waals surface area contributed by atoms with Crippen molar-refractivity contribution in [1.82, 2.24) is 10.0 Å². The number of hydrogen-bond acceptors (Lipinski definition) is 4. The predicted molar refractivity (Wildman–Crippen MR) is 83.5 cm³/mol. The van der Waals surface area contributed by atoms with Gasteiger partial charge >= 0.3 is 5.97 Å². The molecule has 23 heavy (non-hydrogen) atoms. The molecule has 0 radical (unpaired) electrons.